The zero-order valence-corrected chi connectivity index (χ0v) is 19.8. The van der Waals surface area contributed by atoms with E-state index in [1.54, 1.807) is 13.8 Å². The van der Waals surface area contributed by atoms with Crippen molar-refractivity contribution in [2.75, 3.05) is 5.32 Å². The highest BCUT2D eigenvalue weighted by atomic mass is 19.4. The summed E-state index contributed by atoms with van der Waals surface area (Å²) in [6, 6.07) is 1.66. The van der Waals surface area contributed by atoms with Crippen LogP contribution in [0.2, 0.25) is 0 Å². The fourth-order valence-corrected chi connectivity index (χ4v) is 4.48. The number of benzene rings is 1. The maximum Gasteiger partial charge on any atom is 0.425 e. The molecule has 2 aliphatic rings. The van der Waals surface area contributed by atoms with Gasteiger partial charge in [0.1, 0.15) is 23.1 Å². The molecule has 0 radical (unpaired) electrons. The second-order valence-corrected chi connectivity index (χ2v) is 9.55. The van der Waals surface area contributed by atoms with E-state index in [0.29, 0.717) is 35.9 Å². The van der Waals surface area contributed by atoms with E-state index in [0.717, 1.165) is 43.0 Å². The average molecular weight is 508 g/mol. The summed E-state index contributed by atoms with van der Waals surface area (Å²) in [4.78, 5) is 26.0. The molecule has 1 aliphatic carbocycles. The number of H-pyrrole nitrogens is 1. The number of nitrogens with one attached hydrogen (secondary N) is 2. The lowest BCUT2D eigenvalue weighted by molar-refractivity contribution is -0.189. The van der Waals surface area contributed by atoms with E-state index >= 15 is 4.39 Å². The number of hydrogen-bond acceptors (Lipinski definition) is 5. The van der Waals surface area contributed by atoms with Crippen molar-refractivity contribution < 1.29 is 27.1 Å². The fraction of sp³-hybridized carbons (Fsp3) is 0.478. The summed E-state index contributed by atoms with van der Waals surface area (Å²) in [5, 5.41) is 13.4. The first-order valence-electron chi connectivity index (χ1n) is 11.5. The zero-order chi connectivity index (χ0) is 26.0. The third kappa shape index (κ3) is 4.16. The van der Waals surface area contributed by atoms with E-state index in [9.17, 15) is 22.8 Å². The van der Waals surface area contributed by atoms with Gasteiger partial charge in [-0.05, 0) is 51.5 Å². The van der Waals surface area contributed by atoms with Crippen LogP contribution in [-0.2, 0) is 13.0 Å². The Hall–Kier alpha value is -3.64. The standard InChI is InChI=1S/C23H24F4N6O3/c1-11-19(12(2)30-29-11)28-20(34)14-8-15(24)16(9-17(14)36-13(3)23(25,26)27)33-21(35)32-7-6-22(4-5-22)10-18(32)31-33/h8-9,13H,4-7,10H2,1-3H3,(H,28,34)(H,29,30)/t13-/m0/s1. The first kappa shape index (κ1) is 24.1. The molecular formula is C23H24F4N6O3. The molecule has 2 N–H and O–H groups in total. The van der Waals surface area contributed by atoms with Gasteiger partial charge in [0.2, 0.25) is 0 Å². The van der Waals surface area contributed by atoms with Crippen LogP contribution in [0.1, 0.15) is 53.8 Å². The Morgan fingerprint density at radius 2 is 1.97 bits per heavy atom. The number of carbonyl (C=O) groups is 1. The smallest absolute Gasteiger partial charge is 0.425 e. The Labute approximate surface area is 202 Å². The van der Waals surface area contributed by atoms with Crippen LogP contribution in [0.4, 0.5) is 23.2 Å². The number of nitrogens with zero attached hydrogens (tertiary/aromatic N) is 4. The van der Waals surface area contributed by atoms with Crippen molar-refractivity contribution in [3.8, 4) is 11.4 Å². The average Bonchev–Trinajstić information content (AvgIpc) is 3.38. The number of hydrogen-bond donors (Lipinski definition) is 2. The predicted octanol–water partition coefficient (Wildman–Crippen LogP) is 3.82. The lowest BCUT2D eigenvalue weighted by Crippen LogP contribution is -2.32. The maximum absolute atomic E-state index is 15.3. The quantitative estimate of drug-likeness (QED) is 0.510. The lowest BCUT2D eigenvalue weighted by atomic mass is 9.95. The van der Waals surface area contributed by atoms with Gasteiger partial charge in [-0.2, -0.15) is 23.0 Å². The Bertz CT molecular complexity index is 1400. The van der Waals surface area contributed by atoms with Crippen LogP contribution in [0.15, 0.2) is 16.9 Å². The van der Waals surface area contributed by atoms with E-state index in [1.807, 2.05) is 0 Å². The van der Waals surface area contributed by atoms with Gasteiger partial charge in [-0.25, -0.2) is 9.18 Å². The molecule has 13 heteroatoms. The van der Waals surface area contributed by atoms with Gasteiger partial charge in [0.25, 0.3) is 5.91 Å². The van der Waals surface area contributed by atoms with Gasteiger partial charge in [0.05, 0.1) is 22.6 Å². The number of alkyl halides is 3. The van der Waals surface area contributed by atoms with Crippen molar-refractivity contribution in [3.05, 3.63) is 51.2 Å². The van der Waals surface area contributed by atoms with Crippen LogP contribution in [-0.4, -0.2) is 42.7 Å². The van der Waals surface area contributed by atoms with Gasteiger partial charge in [-0.1, -0.05) is 0 Å². The van der Waals surface area contributed by atoms with Crippen molar-refractivity contribution in [1.82, 2.24) is 24.5 Å². The first-order chi connectivity index (χ1) is 16.9. The Morgan fingerprint density at radius 3 is 2.58 bits per heavy atom. The van der Waals surface area contributed by atoms with E-state index in [4.69, 9.17) is 4.74 Å². The minimum atomic E-state index is -4.75. The van der Waals surface area contributed by atoms with Gasteiger partial charge in [0.15, 0.2) is 6.10 Å². The Kier molecular flexibility index (Phi) is 5.49. The van der Waals surface area contributed by atoms with Crippen LogP contribution in [0.3, 0.4) is 0 Å². The number of fused-ring (bicyclic) bond motifs is 1. The number of aromatic nitrogens is 5. The van der Waals surface area contributed by atoms with E-state index in [1.165, 1.54) is 4.57 Å². The van der Waals surface area contributed by atoms with E-state index < -0.39 is 46.7 Å². The molecular weight excluding hydrogens is 484 g/mol. The summed E-state index contributed by atoms with van der Waals surface area (Å²) in [6.07, 6.45) is -3.58. The van der Waals surface area contributed by atoms with Crippen LogP contribution in [0.25, 0.3) is 5.69 Å². The molecule has 1 aromatic carbocycles. The number of anilines is 1. The fourth-order valence-electron chi connectivity index (χ4n) is 4.48. The minimum Gasteiger partial charge on any atom is -0.480 e. The molecule has 3 heterocycles. The van der Waals surface area contributed by atoms with Gasteiger partial charge in [-0.3, -0.25) is 14.5 Å². The van der Waals surface area contributed by atoms with E-state index in [-0.39, 0.29) is 5.41 Å². The minimum absolute atomic E-state index is 0.131. The van der Waals surface area contributed by atoms with Crippen molar-refractivity contribution in [2.24, 2.45) is 5.41 Å². The van der Waals surface area contributed by atoms with Gasteiger partial charge in [-0.15, -0.1) is 5.10 Å². The Morgan fingerprint density at radius 1 is 1.25 bits per heavy atom. The molecule has 2 aromatic heterocycles. The van der Waals surface area contributed by atoms with Crippen molar-refractivity contribution in [3.63, 3.8) is 0 Å². The van der Waals surface area contributed by atoms with Gasteiger partial charge < -0.3 is 10.1 Å². The highest BCUT2D eigenvalue weighted by Gasteiger charge is 2.46. The molecule has 0 bridgehead atoms. The summed E-state index contributed by atoms with van der Waals surface area (Å²) in [5.74, 6) is -1.94. The molecule has 1 fully saturated rings. The molecule has 1 saturated carbocycles. The normalized spacial score (nSPS) is 17.1. The summed E-state index contributed by atoms with van der Waals surface area (Å²) in [5.41, 5.74) is -0.0846. The predicted molar refractivity (Wildman–Crippen MR) is 120 cm³/mol. The summed E-state index contributed by atoms with van der Waals surface area (Å²) in [7, 11) is 0. The van der Waals surface area contributed by atoms with Crippen LogP contribution in [0.5, 0.6) is 5.75 Å². The number of aryl methyl sites for hydroxylation is 2. The molecule has 9 nitrogen and oxygen atoms in total. The van der Waals surface area contributed by atoms with Crippen LogP contribution >= 0.6 is 0 Å². The number of carbonyl (C=O) groups excluding carboxylic acids is 1. The van der Waals surface area contributed by atoms with Crippen molar-refractivity contribution in [2.45, 2.75) is 65.3 Å². The monoisotopic (exact) mass is 508 g/mol. The SMILES string of the molecule is Cc1n[nH]c(C)c1NC(=O)c1cc(F)c(-n2nc3n(c2=O)CCC2(CC2)C3)cc1O[C@@H](C)C(F)(F)F. The van der Waals surface area contributed by atoms with E-state index in [2.05, 4.69) is 20.6 Å². The third-order valence-corrected chi connectivity index (χ3v) is 6.95. The van der Waals surface area contributed by atoms with Gasteiger partial charge >= 0.3 is 11.9 Å². The molecule has 36 heavy (non-hydrogen) atoms. The van der Waals surface area contributed by atoms with Gasteiger partial charge in [0, 0.05) is 19.0 Å². The maximum atomic E-state index is 15.3. The molecule has 1 atom stereocenters. The topological polar surface area (TPSA) is 107 Å². The number of ether oxygens (including phenoxy) is 1. The molecule has 192 valence electrons. The molecule has 1 amide bonds. The summed E-state index contributed by atoms with van der Waals surface area (Å²) >= 11 is 0. The van der Waals surface area contributed by atoms with Crippen LogP contribution in [0, 0.1) is 25.1 Å². The van der Waals surface area contributed by atoms with Crippen molar-refractivity contribution in [1.29, 1.82) is 0 Å². The van der Waals surface area contributed by atoms with Crippen molar-refractivity contribution >= 4 is 11.6 Å². The molecule has 1 spiro atoms. The first-order valence-corrected chi connectivity index (χ1v) is 11.5. The largest absolute Gasteiger partial charge is 0.480 e. The molecule has 3 aromatic rings. The second-order valence-electron chi connectivity index (χ2n) is 9.55. The highest BCUT2D eigenvalue weighted by molar-refractivity contribution is 6.07. The van der Waals surface area contributed by atoms with Crippen LogP contribution < -0.4 is 15.7 Å². The number of aromatic amines is 1. The molecule has 0 unspecified atom stereocenters. The summed E-state index contributed by atoms with van der Waals surface area (Å²) in [6.45, 7) is 4.46. The molecule has 0 saturated heterocycles. The third-order valence-electron chi connectivity index (χ3n) is 6.95. The lowest BCUT2D eigenvalue weighted by Gasteiger charge is -2.20. The number of halogens is 4. The highest BCUT2D eigenvalue weighted by Crippen LogP contribution is 2.53. The summed E-state index contributed by atoms with van der Waals surface area (Å²) < 4.78 is 62.6. The number of rotatable bonds is 5. The Balaban J connectivity index is 1.57. The molecule has 1 aliphatic heterocycles. The second kappa shape index (κ2) is 8.20. The number of amides is 1. The zero-order valence-electron chi connectivity index (χ0n) is 19.8. The molecule has 5 rings (SSSR count).